The Hall–Kier alpha value is -3.61. The topological polar surface area (TPSA) is 87.5 Å². The third-order valence-electron chi connectivity index (χ3n) is 7.03. The Morgan fingerprint density at radius 2 is 1.85 bits per heavy atom. The van der Waals surface area contributed by atoms with Crippen LogP contribution in [0.4, 0.5) is 32.2 Å². The number of benzene rings is 1. The van der Waals surface area contributed by atoms with Crippen molar-refractivity contribution in [3.05, 3.63) is 63.7 Å². The van der Waals surface area contributed by atoms with Gasteiger partial charge in [-0.15, -0.1) is 0 Å². The molecular weight excluding hydrogens is 530 g/mol. The number of carbonyl (C=O) groups is 1. The maximum atomic E-state index is 14.9. The summed E-state index contributed by atoms with van der Waals surface area (Å²) in [5.41, 5.74) is -4.01. The number of aromatic nitrogens is 2. The molecule has 2 aliphatic rings. The largest absolute Gasteiger partial charge is 0.408 e. The first kappa shape index (κ1) is 27.0. The maximum Gasteiger partial charge on any atom is 0.408 e. The van der Waals surface area contributed by atoms with Gasteiger partial charge in [0.15, 0.2) is 17.3 Å². The molecule has 1 saturated carbocycles. The molecule has 2 unspecified atom stereocenters. The van der Waals surface area contributed by atoms with Gasteiger partial charge >= 0.3 is 6.18 Å². The Morgan fingerprint density at radius 1 is 1.18 bits per heavy atom. The lowest BCUT2D eigenvalue weighted by atomic mass is 9.95. The average Bonchev–Trinajstić information content (AvgIpc) is 3.66. The van der Waals surface area contributed by atoms with E-state index in [0.29, 0.717) is 37.7 Å². The van der Waals surface area contributed by atoms with Crippen molar-refractivity contribution in [2.75, 3.05) is 18.0 Å². The van der Waals surface area contributed by atoms with Crippen LogP contribution in [0.3, 0.4) is 0 Å². The molecule has 1 amide bonds. The van der Waals surface area contributed by atoms with E-state index in [9.17, 15) is 41.0 Å². The molecule has 0 bridgehead atoms. The summed E-state index contributed by atoms with van der Waals surface area (Å²) in [6, 6.07) is 1.25. The minimum absolute atomic E-state index is 0.176. The molecule has 2 aromatic heterocycles. The van der Waals surface area contributed by atoms with E-state index in [-0.39, 0.29) is 36.2 Å². The summed E-state index contributed by atoms with van der Waals surface area (Å²) in [6.07, 6.45) is -2.42. The van der Waals surface area contributed by atoms with E-state index in [4.69, 9.17) is 0 Å². The highest BCUT2D eigenvalue weighted by Crippen LogP contribution is 2.40. The second-order valence-corrected chi connectivity index (χ2v) is 10.4. The fourth-order valence-electron chi connectivity index (χ4n) is 5.00. The predicted octanol–water partition coefficient (Wildman–Crippen LogP) is 4.22. The normalized spacial score (nSPS) is 20.8. The van der Waals surface area contributed by atoms with Crippen LogP contribution in [-0.4, -0.2) is 51.5 Å². The van der Waals surface area contributed by atoms with Crippen molar-refractivity contribution in [2.45, 2.75) is 50.4 Å². The molecule has 3 heterocycles. The first-order valence-corrected chi connectivity index (χ1v) is 12.3. The average molecular weight is 554 g/mol. The standard InChI is InChI=1S/C26H24F6N4O3/c1-25(39)7-2-8-35(12-25)19-6-5-15-21(37)16(24(38)34-22(13-3-4-13)26(30,31)32)11-36(23(15)33-19)20-17(28)9-14(27)10-18(20)29/h5-6,9-11,13,22,39H,2-4,7-8,12H2,1H3,(H,34,38). The molecule has 2 atom stereocenters. The number of nitrogens with one attached hydrogen (secondary N) is 1. The first-order valence-electron chi connectivity index (χ1n) is 12.3. The third-order valence-corrected chi connectivity index (χ3v) is 7.03. The van der Waals surface area contributed by atoms with E-state index in [0.717, 1.165) is 4.57 Å². The van der Waals surface area contributed by atoms with Gasteiger partial charge in [0.25, 0.3) is 5.91 Å². The van der Waals surface area contributed by atoms with Crippen LogP contribution in [0.25, 0.3) is 16.7 Å². The molecule has 2 N–H and O–H groups in total. The maximum absolute atomic E-state index is 14.9. The molecule has 2 fully saturated rings. The summed E-state index contributed by atoms with van der Waals surface area (Å²) in [7, 11) is 0. The third kappa shape index (κ3) is 5.32. The number of hydrogen-bond donors (Lipinski definition) is 2. The van der Waals surface area contributed by atoms with Crippen LogP contribution in [-0.2, 0) is 0 Å². The number of pyridine rings is 2. The highest BCUT2D eigenvalue weighted by molar-refractivity contribution is 5.97. The van der Waals surface area contributed by atoms with Gasteiger partial charge in [0, 0.05) is 31.4 Å². The van der Waals surface area contributed by atoms with E-state index < -0.39 is 63.8 Å². The highest BCUT2D eigenvalue weighted by Gasteiger charge is 2.50. The van der Waals surface area contributed by atoms with Crippen LogP contribution in [0, 0.1) is 23.4 Å². The molecule has 1 aliphatic carbocycles. The molecule has 1 saturated heterocycles. The number of fused-ring (bicyclic) bond motifs is 1. The number of carbonyl (C=O) groups excluding carboxylic acids is 1. The lowest BCUT2D eigenvalue weighted by molar-refractivity contribution is -0.158. The molecule has 1 aliphatic heterocycles. The summed E-state index contributed by atoms with van der Waals surface area (Å²) in [5.74, 6) is -5.95. The lowest BCUT2D eigenvalue weighted by Crippen LogP contribution is -2.48. The number of piperidine rings is 1. The van der Waals surface area contributed by atoms with Crippen molar-refractivity contribution < 1.29 is 36.2 Å². The van der Waals surface area contributed by atoms with Crippen LogP contribution in [0.15, 0.2) is 35.3 Å². The van der Waals surface area contributed by atoms with Crippen LogP contribution in [0.1, 0.15) is 43.0 Å². The van der Waals surface area contributed by atoms with E-state index in [1.165, 1.54) is 12.1 Å². The zero-order valence-electron chi connectivity index (χ0n) is 20.7. The molecule has 13 heteroatoms. The Morgan fingerprint density at radius 3 is 2.44 bits per heavy atom. The summed E-state index contributed by atoms with van der Waals surface area (Å²) in [5, 5.41) is 12.0. The van der Waals surface area contributed by atoms with Gasteiger partial charge in [-0.3, -0.25) is 14.2 Å². The zero-order valence-corrected chi connectivity index (χ0v) is 20.7. The van der Waals surface area contributed by atoms with Gasteiger partial charge < -0.3 is 15.3 Å². The van der Waals surface area contributed by atoms with E-state index in [1.807, 2.05) is 5.32 Å². The number of rotatable bonds is 5. The van der Waals surface area contributed by atoms with E-state index in [2.05, 4.69) is 4.98 Å². The van der Waals surface area contributed by atoms with Crippen molar-refractivity contribution in [1.82, 2.24) is 14.9 Å². The van der Waals surface area contributed by atoms with Gasteiger partial charge in [0.05, 0.1) is 11.0 Å². The fraction of sp³-hybridized carbons (Fsp3) is 0.423. The molecule has 0 spiro atoms. The van der Waals surface area contributed by atoms with Gasteiger partial charge in [-0.1, -0.05) is 0 Å². The van der Waals surface area contributed by atoms with Crippen LogP contribution in [0.5, 0.6) is 0 Å². The zero-order chi connectivity index (χ0) is 28.3. The summed E-state index contributed by atoms with van der Waals surface area (Å²) in [4.78, 5) is 32.3. The minimum atomic E-state index is -4.77. The number of nitrogens with zero attached hydrogens (tertiary/aromatic N) is 3. The summed E-state index contributed by atoms with van der Waals surface area (Å²) >= 11 is 0. The molecule has 1 aromatic carbocycles. The van der Waals surface area contributed by atoms with Crippen LogP contribution < -0.4 is 15.6 Å². The van der Waals surface area contributed by atoms with Gasteiger partial charge in [-0.2, -0.15) is 13.2 Å². The predicted molar refractivity (Wildman–Crippen MR) is 129 cm³/mol. The number of anilines is 1. The molecule has 208 valence electrons. The van der Waals surface area contributed by atoms with Gasteiger partial charge in [0.2, 0.25) is 5.43 Å². The van der Waals surface area contributed by atoms with E-state index >= 15 is 0 Å². The van der Waals surface area contributed by atoms with Gasteiger partial charge in [-0.25, -0.2) is 18.2 Å². The molecular formula is C26H24F6N4O3. The van der Waals surface area contributed by atoms with Crippen molar-refractivity contribution in [2.24, 2.45) is 5.92 Å². The Kier molecular flexibility index (Phi) is 6.60. The highest BCUT2D eigenvalue weighted by atomic mass is 19.4. The SMILES string of the molecule is CC1(O)CCCN(c2ccc3c(=O)c(C(=O)NC(C4CC4)C(F)(F)F)cn(-c4c(F)cc(F)cc4F)c3n2)C1. The van der Waals surface area contributed by atoms with Crippen molar-refractivity contribution in [1.29, 1.82) is 0 Å². The van der Waals surface area contributed by atoms with Crippen molar-refractivity contribution in [3.63, 3.8) is 0 Å². The number of β-amino-alcohol motifs (C(OH)–C–C–N with tert-alkyl or cyclic N) is 1. The Labute approximate surface area is 218 Å². The molecule has 5 rings (SSSR count). The monoisotopic (exact) mass is 554 g/mol. The smallest absolute Gasteiger partial charge is 0.388 e. The molecule has 0 radical (unpaired) electrons. The van der Waals surface area contributed by atoms with Crippen molar-refractivity contribution >= 4 is 22.8 Å². The quantitative estimate of drug-likeness (QED) is 0.462. The number of hydrogen-bond acceptors (Lipinski definition) is 5. The fourth-order valence-corrected chi connectivity index (χ4v) is 5.00. The molecule has 39 heavy (non-hydrogen) atoms. The summed E-state index contributed by atoms with van der Waals surface area (Å²) < 4.78 is 84.8. The first-order chi connectivity index (χ1) is 18.2. The minimum Gasteiger partial charge on any atom is -0.388 e. The Balaban J connectivity index is 1.68. The Bertz CT molecular complexity index is 1490. The molecule has 3 aromatic rings. The van der Waals surface area contributed by atoms with Crippen molar-refractivity contribution in [3.8, 4) is 5.69 Å². The lowest BCUT2D eigenvalue weighted by Gasteiger charge is -2.37. The van der Waals surface area contributed by atoms with Crippen LogP contribution >= 0.6 is 0 Å². The number of halogens is 6. The second kappa shape index (κ2) is 9.54. The van der Waals surface area contributed by atoms with Crippen LogP contribution in [0.2, 0.25) is 0 Å². The number of aliphatic hydroxyl groups is 1. The van der Waals surface area contributed by atoms with Gasteiger partial charge in [0.1, 0.15) is 28.9 Å². The number of amides is 1. The number of alkyl halides is 3. The van der Waals surface area contributed by atoms with E-state index in [1.54, 1.807) is 11.8 Å². The second-order valence-electron chi connectivity index (χ2n) is 10.4. The summed E-state index contributed by atoms with van der Waals surface area (Å²) in [6.45, 7) is 2.30. The molecule has 7 nitrogen and oxygen atoms in total. The van der Waals surface area contributed by atoms with Gasteiger partial charge in [-0.05, 0) is 50.7 Å².